The summed E-state index contributed by atoms with van der Waals surface area (Å²) in [6, 6.07) is 8.50. The van der Waals surface area contributed by atoms with Crippen molar-refractivity contribution in [2.45, 2.75) is 62.1 Å². The van der Waals surface area contributed by atoms with Gasteiger partial charge in [0, 0.05) is 34.2 Å². The Balaban J connectivity index is 1.30. The average Bonchev–Trinajstić information content (AvgIpc) is 3.21. The van der Waals surface area contributed by atoms with E-state index in [2.05, 4.69) is 29.6 Å². The Hall–Kier alpha value is -1.87. The first-order valence-corrected chi connectivity index (χ1v) is 11.9. The molecule has 3 aliphatic heterocycles. The highest BCUT2D eigenvalue weighted by Gasteiger charge is 2.60. The van der Waals surface area contributed by atoms with Gasteiger partial charge in [0.05, 0.1) is 18.1 Å². The largest absolute Gasteiger partial charge is 0.477 e. The highest BCUT2D eigenvalue weighted by molar-refractivity contribution is 8.03. The molecule has 1 amide bonds. The number of hydrogen-bond acceptors (Lipinski definition) is 6. The van der Waals surface area contributed by atoms with Crippen LogP contribution >= 0.6 is 11.8 Å². The number of carbonyl (C=O) groups excluding carboxylic acids is 1. The van der Waals surface area contributed by atoms with Crippen LogP contribution in [-0.2, 0) is 15.1 Å². The highest BCUT2D eigenvalue weighted by atomic mass is 32.2. The quantitative estimate of drug-likeness (QED) is 0.497. The van der Waals surface area contributed by atoms with Crippen molar-refractivity contribution in [3.8, 4) is 0 Å². The summed E-state index contributed by atoms with van der Waals surface area (Å²) in [6.07, 6.45) is 2.20. The van der Waals surface area contributed by atoms with Gasteiger partial charge in [-0.25, -0.2) is 4.79 Å². The summed E-state index contributed by atoms with van der Waals surface area (Å²) in [5, 5.41) is 23.6. The van der Waals surface area contributed by atoms with Crippen LogP contribution in [0.5, 0.6) is 0 Å². The van der Waals surface area contributed by atoms with Crippen molar-refractivity contribution < 1.29 is 19.8 Å². The van der Waals surface area contributed by atoms with Gasteiger partial charge in [-0.05, 0) is 37.3 Å². The van der Waals surface area contributed by atoms with Gasteiger partial charge in [0.2, 0.25) is 5.91 Å². The molecule has 166 valence electrons. The maximum atomic E-state index is 12.5. The van der Waals surface area contributed by atoms with Crippen molar-refractivity contribution in [1.29, 1.82) is 0 Å². The number of amides is 1. The van der Waals surface area contributed by atoms with Crippen LogP contribution in [0.3, 0.4) is 0 Å². The second-order valence-electron chi connectivity index (χ2n) is 9.49. The number of nitrogens with two attached hydrogens (primary N) is 1. The second-order valence-corrected chi connectivity index (χ2v) is 10.8. The molecular formula is C23H29N3O4S. The maximum Gasteiger partial charge on any atom is 0.353 e. The number of hydrogen-bond donors (Lipinski definition) is 4. The predicted octanol–water partition coefficient (Wildman–Crippen LogP) is 1.92. The van der Waals surface area contributed by atoms with Crippen molar-refractivity contribution in [2.75, 3.05) is 6.54 Å². The SMILES string of the molecule is C[C@@H](O)[C@H]1C(=O)N2C(C(=O)O)=C(S[C@@H]3CN[C@@H](c4ccc(C5(N)CC5)cc4)C3)[C@H](C)[C@H]12. The number of β-lactam (4-membered cyclic amide) rings is 1. The first-order chi connectivity index (χ1) is 14.7. The molecule has 0 radical (unpaired) electrons. The van der Waals surface area contributed by atoms with Gasteiger partial charge < -0.3 is 26.2 Å². The van der Waals surface area contributed by atoms with Gasteiger partial charge in [0.25, 0.3) is 0 Å². The van der Waals surface area contributed by atoms with E-state index in [1.165, 1.54) is 16.0 Å². The zero-order valence-corrected chi connectivity index (χ0v) is 18.6. The number of carbonyl (C=O) groups is 2. The highest BCUT2D eigenvalue weighted by Crippen LogP contribution is 2.52. The molecule has 8 heteroatoms. The van der Waals surface area contributed by atoms with E-state index in [1.54, 1.807) is 18.7 Å². The number of aliphatic carboxylic acids is 1. The van der Waals surface area contributed by atoms with Crippen molar-refractivity contribution in [1.82, 2.24) is 10.2 Å². The molecule has 1 aromatic carbocycles. The van der Waals surface area contributed by atoms with Crippen molar-refractivity contribution >= 4 is 23.6 Å². The summed E-state index contributed by atoms with van der Waals surface area (Å²) in [6.45, 7) is 4.35. The molecule has 3 fully saturated rings. The van der Waals surface area contributed by atoms with E-state index >= 15 is 0 Å². The van der Waals surface area contributed by atoms with Crippen molar-refractivity contribution in [3.05, 3.63) is 46.0 Å². The predicted molar refractivity (Wildman–Crippen MR) is 118 cm³/mol. The molecule has 1 aliphatic carbocycles. The van der Waals surface area contributed by atoms with Gasteiger partial charge in [-0.2, -0.15) is 0 Å². The summed E-state index contributed by atoms with van der Waals surface area (Å²) >= 11 is 1.58. The van der Waals surface area contributed by atoms with Gasteiger partial charge in [0.1, 0.15) is 5.70 Å². The second kappa shape index (κ2) is 7.33. The van der Waals surface area contributed by atoms with Gasteiger partial charge in [-0.15, -0.1) is 11.8 Å². The van der Waals surface area contributed by atoms with E-state index in [0.29, 0.717) is 0 Å². The molecule has 5 rings (SSSR count). The smallest absolute Gasteiger partial charge is 0.353 e. The minimum absolute atomic E-state index is 0.0916. The van der Waals surface area contributed by atoms with Crippen LogP contribution < -0.4 is 11.1 Å². The number of nitrogens with zero attached hydrogens (tertiary/aromatic N) is 1. The topological polar surface area (TPSA) is 116 Å². The van der Waals surface area contributed by atoms with Crippen LogP contribution in [0.15, 0.2) is 34.9 Å². The number of benzene rings is 1. The minimum atomic E-state index is -1.07. The molecular weight excluding hydrogens is 414 g/mol. The monoisotopic (exact) mass is 443 g/mol. The number of aliphatic hydroxyl groups is 1. The van der Waals surface area contributed by atoms with E-state index in [1.807, 2.05) is 6.92 Å². The van der Waals surface area contributed by atoms with E-state index in [4.69, 9.17) is 5.73 Å². The first-order valence-electron chi connectivity index (χ1n) is 11.0. The van der Waals surface area contributed by atoms with Crippen LogP contribution in [0.2, 0.25) is 0 Å². The number of rotatable bonds is 6. The van der Waals surface area contributed by atoms with Crippen LogP contribution in [0.1, 0.15) is 50.3 Å². The lowest BCUT2D eigenvalue weighted by atomic mass is 9.79. The molecule has 5 N–H and O–H groups in total. The van der Waals surface area contributed by atoms with Crippen LogP contribution in [-0.4, -0.2) is 50.9 Å². The minimum Gasteiger partial charge on any atom is -0.477 e. The molecule has 0 aromatic heterocycles. The third-order valence-electron chi connectivity index (χ3n) is 7.37. The molecule has 3 heterocycles. The average molecular weight is 444 g/mol. The number of carboxylic acids is 1. The molecule has 1 aromatic rings. The molecule has 6 atom stereocenters. The van der Waals surface area contributed by atoms with Crippen molar-refractivity contribution in [3.63, 3.8) is 0 Å². The normalized spacial score (nSPS) is 34.5. The fourth-order valence-corrected chi connectivity index (χ4v) is 6.85. The number of carboxylic acid groups (broad SMARTS) is 1. The molecule has 0 bridgehead atoms. The number of nitrogens with one attached hydrogen (secondary N) is 1. The lowest BCUT2D eigenvalue weighted by molar-refractivity contribution is -0.163. The van der Waals surface area contributed by atoms with E-state index < -0.39 is 18.0 Å². The zero-order chi connectivity index (χ0) is 22.1. The van der Waals surface area contributed by atoms with E-state index in [0.717, 1.165) is 30.7 Å². The Kier molecular flexibility index (Phi) is 4.97. The Labute approximate surface area is 186 Å². The third-order valence-corrected chi connectivity index (χ3v) is 8.88. The number of aliphatic hydroxyl groups excluding tert-OH is 1. The van der Waals surface area contributed by atoms with Crippen LogP contribution in [0.4, 0.5) is 0 Å². The molecule has 0 spiro atoms. The fraction of sp³-hybridized carbons (Fsp3) is 0.565. The maximum absolute atomic E-state index is 12.5. The summed E-state index contributed by atoms with van der Waals surface area (Å²) in [4.78, 5) is 26.7. The number of thioether (sulfide) groups is 1. The summed E-state index contributed by atoms with van der Waals surface area (Å²) in [7, 11) is 0. The van der Waals surface area contributed by atoms with Gasteiger partial charge >= 0.3 is 5.97 Å². The van der Waals surface area contributed by atoms with Gasteiger partial charge in [0.15, 0.2) is 0 Å². The Morgan fingerprint density at radius 1 is 1.32 bits per heavy atom. The summed E-state index contributed by atoms with van der Waals surface area (Å²) < 4.78 is 0. The third kappa shape index (κ3) is 3.31. The Morgan fingerprint density at radius 3 is 2.58 bits per heavy atom. The lowest BCUT2D eigenvalue weighted by Gasteiger charge is -2.46. The Morgan fingerprint density at radius 2 is 2.00 bits per heavy atom. The van der Waals surface area contributed by atoms with Crippen LogP contribution in [0.25, 0.3) is 0 Å². The summed E-state index contributed by atoms with van der Waals surface area (Å²) in [5.74, 6) is -1.96. The molecule has 0 unspecified atom stereocenters. The van der Waals surface area contributed by atoms with E-state index in [-0.39, 0.29) is 40.4 Å². The first kappa shape index (κ1) is 21.0. The van der Waals surface area contributed by atoms with Crippen molar-refractivity contribution in [2.24, 2.45) is 17.6 Å². The van der Waals surface area contributed by atoms with Gasteiger partial charge in [-0.1, -0.05) is 31.2 Å². The number of fused-ring (bicyclic) bond motifs is 1. The fourth-order valence-electron chi connectivity index (χ4n) is 5.38. The molecule has 2 saturated heterocycles. The lowest BCUT2D eigenvalue weighted by Crippen LogP contribution is -2.63. The van der Waals surface area contributed by atoms with Gasteiger partial charge in [-0.3, -0.25) is 4.79 Å². The standard InChI is InChI=1S/C23H29N3O4S/c1-11-18-17(12(2)27)21(28)26(18)19(22(29)30)20(11)31-15-9-16(25-10-15)13-3-5-14(6-4-13)23(24)7-8-23/h3-6,11-12,15-18,25,27H,7-10,24H2,1-2H3,(H,29,30)/t11-,12-,15+,16-,17-,18-/m1/s1. The van der Waals surface area contributed by atoms with Crippen LogP contribution in [0, 0.1) is 11.8 Å². The molecule has 1 saturated carbocycles. The molecule has 4 aliphatic rings. The summed E-state index contributed by atoms with van der Waals surface area (Å²) in [5.41, 5.74) is 8.67. The van der Waals surface area contributed by atoms with E-state index in [9.17, 15) is 19.8 Å². The zero-order valence-electron chi connectivity index (χ0n) is 17.7. The molecule has 31 heavy (non-hydrogen) atoms. The molecule has 7 nitrogen and oxygen atoms in total. The Bertz CT molecular complexity index is 956.